The van der Waals surface area contributed by atoms with E-state index < -0.39 is 11.8 Å². The number of carbonyl (C=O) groups is 1. The van der Waals surface area contributed by atoms with Gasteiger partial charge in [-0.3, -0.25) is 10.00 Å². The van der Waals surface area contributed by atoms with E-state index in [1.807, 2.05) is 33.8 Å². The van der Waals surface area contributed by atoms with Crippen LogP contribution in [0.5, 0.6) is 0 Å². The van der Waals surface area contributed by atoms with Gasteiger partial charge in [-0.05, 0) is 25.1 Å². The lowest BCUT2D eigenvalue weighted by atomic mass is 9.92. The molecule has 0 aliphatic rings. The van der Waals surface area contributed by atoms with E-state index in [0.29, 0.717) is 17.2 Å². The highest BCUT2D eigenvalue weighted by Crippen LogP contribution is 2.24. The second kappa shape index (κ2) is 6.86. The third-order valence-electron chi connectivity index (χ3n) is 4.09. The first kappa shape index (κ1) is 18.6. The van der Waals surface area contributed by atoms with Gasteiger partial charge in [0.2, 0.25) is 0 Å². The summed E-state index contributed by atoms with van der Waals surface area (Å²) >= 11 is 0. The summed E-state index contributed by atoms with van der Waals surface area (Å²) < 4.78 is 17.6. The zero-order valence-electron chi connectivity index (χ0n) is 16.0. The molecule has 3 aromatic rings. The highest BCUT2D eigenvalue weighted by Gasteiger charge is 2.19. The number of aromatic nitrogens is 4. The Hall–Kier alpha value is -3.16. The molecule has 2 heterocycles. The minimum absolute atomic E-state index is 0.126. The predicted molar refractivity (Wildman–Crippen MR) is 103 cm³/mol. The number of carbonyl (C=O) groups excluding carboxylic acids is 1. The largest absolute Gasteiger partial charge is 0.324 e. The maximum atomic E-state index is 14.4. The third kappa shape index (κ3) is 4.16. The Morgan fingerprint density at radius 1 is 1.19 bits per heavy atom. The Morgan fingerprint density at radius 3 is 2.48 bits per heavy atom. The second-order valence-electron chi connectivity index (χ2n) is 7.46. The molecular weight excluding hydrogens is 347 g/mol. The maximum absolute atomic E-state index is 14.4. The summed E-state index contributed by atoms with van der Waals surface area (Å²) in [4.78, 5) is 16.3. The van der Waals surface area contributed by atoms with E-state index in [1.165, 1.54) is 6.07 Å². The van der Waals surface area contributed by atoms with Gasteiger partial charge in [0, 0.05) is 30.4 Å². The van der Waals surface area contributed by atoms with Crippen LogP contribution in [0.15, 0.2) is 36.8 Å². The number of anilines is 2. The van der Waals surface area contributed by atoms with Gasteiger partial charge >= 0.3 is 6.03 Å². The molecule has 2 N–H and O–H groups in total. The van der Waals surface area contributed by atoms with Crippen molar-refractivity contribution in [3.8, 4) is 5.69 Å². The highest BCUT2D eigenvalue weighted by molar-refractivity contribution is 5.99. The summed E-state index contributed by atoms with van der Waals surface area (Å²) in [5.74, 6) is 0.101. The molecule has 8 heteroatoms. The van der Waals surface area contributed by atoms with Crippen LogP contribution < -0.4 is 10.6 Å². The van der Waals surface area contributed by atoms with Gasteiger partial charge < -0.3 is 9.88 Å². The van der Waals surface area contributed by atoms with Gasteiger partial charge in [0.1, 0.15) is 11.6 Å². The minimum Gasteiger partial charge on any atom is -0.308 e. The van der Waals surface area contributed by atoms with Crippen molar-refractivity contribution in [1.82, 2.24) is 19.3 Å². The zero-order chi connectivity index (χ0) is 19.8. The first-order valence-electron chi connectivity index (χ1n) is 8.56. The quantitative estimate of drug-likeness (QED) is 0.732. The third-order valence-corrected chi connectivity index (χ3v) is 4.09. The monoisotopic (exact) mass is 370 g/mol. The number of benzene rings is 1. The smallest absolute Gasteiger partial charge is 0.308 e. The molecule has 7 nitrogen and oxygen atoms in total. The molecule has 2 aromatic heterocycles. The molecule has 0 unspecified atom stereocenters. The lowest BCUT2D eigenvalue weighted by Gasteiger charge is -2.13. The van der Waals surface area contributed by atoms with Crippen LogP contribution in [0.25, 0.3) is 5.69 Å². The Kier molecular flexibility index (Phi) is 4.73. The minimum atomic E-state index is -0.468. The fourth-order valence-electron chi connectivity index (χ4n) is 2.58. The van der Waals surface area contributed by atoms with E-state index in [0.717, 1.165) is 11.4 Å². The zero-order valence-corrected chi connectivity index (χ0v) is 16.0. The van der Waals surface area contributed by atoms with Crippen LogP contribution in [0.2, 0.25) is 0 Å². The fourth-order valence-corrected chi connectivity index (χ4v) is 2.58. The Balaban J connectivity index is 1.71. The Labute approximate surface area is 157 Å². The summed E-state index contributed by atoms with van der Waals surface area (Å²) in [6, 6.07) is 5.85. The molecule has 0 fully saturated rings. The van der Waals surface area contributed by atoms with Crippen LogP contribution in [0.3, 0.4) is 0 Å². The van der Waals surface area contributed by atoms with Crippen molar-refractivity contribution in [3.05, 3.63) is 54.0 Å². The van der Waals surface area contributed by atoms with E-state index in [9.17, 15) is 9.18 Å². The van der Waals surface area contributed by atoms with Crippen molar-refractivity contribution < 1.29 is 9.18 Å². The van der Waals surface area contributed by atoms with Crippen LogP contribution in [-0.4, -0.2) is 25.4 Å². The van der Waals surface area contributed by atoms with Gasteiger partial charge in [-0.1, -0.05) is 20.8 Å². The van der Waals surface area contributed by atoms with Crippen LogP contribution in [0.1, 0.15) is 32.2 Å². The van der Waals surface area contributed by atoms with Gasteiger partial charge in [0.15, 0.2) is 0 Å². The Morgan fingerprint density at radius 2 is 1.93 bits per heavy atom. The van der Waals surface area contributed by atoms with Gasteiger partial charge in [-0.25, -0.2) is 14.2 Å². The van der Waals surface area contributed by atoms with Crippen molar-refractivity contribution in [1.29, 1.82) is 0 Å². The number of hydrogen-bond acceptors (Lipinski definition) is 3. The average Bonchev–Trinajstić information content (AvgIpc) is 3.14. The lowest BCUT2D eigenvalue weighted by Crippen LogP contribution is -2.21. The number of halogens is 1. The molecule has 0 bridgehead atoms. The molecule has 0 aliphatic carbocycles. The molecular formula is C19H23FN6O. The molecule has 0 saturated carbocycles. The van der Waals surface area contributed by atoms with Gasteiger partial charge in [0.25, 0.3) is 0 Å². The molecule has 2 amide bonds. The number of amides is 2. The number of nitrogens with zero attached hydrogens (tertiary/aromatic N) is 4. The van der Waals surface area contributed by atoms with Crippen molar-refractivity contribution in [3.63, 3.8) is 0 Å². The topological polar surface area (TPSA) is 76.8 Å². The normalized spacial score (nSPS) is 11.5. The molecule has 0 aliphatic heterocycles. The van der Waals surface area contributed by atoms with Crippen LogP contribution >= 0.6 is 0 Å². The molecule has 3 rings (SSSR count). The summed E-state index contributed by atoms with van der Waals surface area (Å²) in [6.07, 6.45) is 3.27. The van der Waals surface area contributed by atoms with Crippen molar-refractivity contribution >= 4 is 17.5 Å². The van der Waals surface area contributed by atoms with Gasteiger partial charge in [0.05, 0.1) is 23.4 Å². The first-order chi connectivity index (χ1) is 12.6. The average molecular weight is 370 g/mol. The molecule has 142 valence electrons. The molecule has 0 radical (unpaired) electrons. The maximum Gasteiger partial charge on any atom is 0.324 e. The molecule has 0 atom stereocenters. The summed E-state index contributed by atoms with van der Waals surface area (Å²) in [7, 11) is 1.76. The van der Waals surface area contributed by atoms with Gasteiger partial charge in [-0.15, -0.1) is 0 Å². The Bertz CT molecular complexity index is 982. The van der Waals surface area contributed by atoms with Crippen molar-refractivity contribution in [2.45, 2.75) is 33.1 Å². The molecule has 0 saturated heterocycles. The second-order valence-corrected chi connectivity index (χ2v) is 7.46. The van der Waals surface area contributed by atoms with E-state index in [4.69, 9.17) is 0 Å². The fraction of sp³-hybridized carbons (Fsp3) is 0.316. The van der Waals surface area contributed by atoms with E-state index >= 15 is 0 Å². The number of hydrogen-bond donors (Lipinski definition) is 2. The van der Waals surface area contributed by atoms with E-state index in [1.54, 1.807) is 41.0 Å². The molecule has 0 spiro atoms. The number of urea groups is 1. The SMILES string of the molecule is Cc1cn(-c2ccc(NC(=O)Nc3cc(C(C)(C)C)nn3C)cc2F)cn1. The van der Waals surface area contributed by atoms with E-state index in [-0.39, 0.29) is 5.41 Å². The van der Waals surface area contributed by atoms with Crippen LogP contribution in [0.4, 0.5) is 20.7 Å². The summed E-state index contributed by atoms with van der Waals surface area (Å²) in [5, 5.41) is 9.78. The van der Waals surface area contributed by atoms with Crippen LogP contribution in [-0.2, 0) is 12.5 Å². The van der Waals surface area contributed by atoms with Crippen LogP contribution in [0, 0.1) is 12.7 Å². The summed E-state index contributed by atoms with van der Waals surface area (Å²) in [5.41, 5.74) is 2.25. The summed E-state index contributed by atoms with van der Waals surface area (Å²) in [6.45, 7) is 7.97. The van der Waals surface area contributed by atoms with Crippen molar-refractivity contribution in [2.24, 2.45) is 7.05 Å². The number of nitrogens with one attached hydrogen (secondary N) is 2. The molecule has 1 aromatic carbocycles. The first-order valence-corrected chi connectivity index (χ1v) is 8.56. The molecule has 27 heavy (non-hydrogen) atoms. The van der Waals surface area contributed by atoms with Crippen molar-refractivity contribution in [2.75, 3.05) is 10.6 Å². The predicted octanol–water partition coefficient (Wildman–Crippen LogP) is 3.99. The van der Waals surface area contributed by atoms with E-state index in [2.05, 4.69) is 20.7 Å². The highest BCUT2D eigenvalue weighted by atomic mass is 19.1. The lowest BCUT2D eigenvalue weighted by molar-refractivity contribution is 0.262. The standard InChI is InChI=1S/C19H23FN6O/c1-12-10-26(11-21-12)15-7-6-13(8-14(15)20)22-18(27)23-17-9-16(19(2,3)4)24-25(17)5/h6-11H,1-5H3,(H2,22,23,27). The van der Waals surface area contributed by atoms with Gasteiger partial charge in [-0.2, -0.15) is 5.10 Å². The number of imidazole rings is 1. The number of rotatable bonds is 3. The number of aryl methyl sites for hydroxylation is 2.